The molecule has 3 aliphatic rings. The van der Waals surface area contributed by atoms with Gasteiger partial charge in [0.25, 0.3) is 0 Å². The molecule has 0 spiro atoms. The number of nitrogens with zero attached hydrogens (tertiary/aromatic N) is 2. The van der Waals surface area contributed by atoms with Gasteiger partial charge in [-0.25, -0.2) is 0 Å². The molecule has 142 valence electrons. The van der Waals surface area contributed by atoms with Crippen molar-refractivity contribution < 1.29 is 0 Å². The highest BCUT2D eigenvalue weighted by molar-refractivity contribution is 5.79. The van der Waals surface area contributed by atoms with E-state index in [1.807, 2.05) is 0 Å². The summed E-state index contributed by atoms with van der Waals surface area (Å²) in [5.74, 6) is 1.67. The summed E-state index contributed by atoms with van der Waals surface area (Å²) in [6, 6.07) is 22.4. The van der Waals surface area contributed by atoms with Crippen molar-refractivity contribution in [1.82, 2.24) is 9.88 Å². The minimum absolute atomic E-state index is 0.254. The van der Waals surface area contributed by atoms with Crippen molar-refractivity contribution in [3.63, 3.8) is 0 Å². The summed E-state index contributed by atoms with van der Waals surface area (Å²) in [6.45, 7) is 3.81. The Kier molecular flexibility index (Phi) is 3.84. The van der Waals surface area contributed by atoms with Crippen molar-refractivity contribution in [2.75, 3.05) is 19.6 Å². The monoisotopic (exact) mass is 368 g/mol. The van der Waals surface area contributed by atoms with E-state index in [2.05, 4.69) is 65.6 Å². The molecular weight excluding hydrogens is 340 g/mol. The molecule has 1 aromatic heterocycles. The fraction of sp³-hybridized carbons (Fsp3) is 0.423. The highest BCUT2D eigenvalue weighted by Gasteiger charge is 2.47. The number of rotatable bonds is 3. The predicted octanol–water partition coefficient (Wildman–Crippen LogP) is 5.00. The van der Waals surface area contributed by atoms with E-state index in [1.54, 1.807) is 0 Å². The quantitative estimate of drug-likeness (QED) is 0.646. The van der Waals surface area contributed by atoms with Crippen LogP contribution in [0.15, 0.2) is 60.7 Å². The maximum absolute atomic E-state index is 5.14. The van der Waals surface area contributed by atoms with Crippen molar-refractivity contribution in [2.45, 2.75) is 37.5 Å². The second-order valence-corrected chi connectivity index (χ2v) is 9.34. The summed E-state index contributed by atoms with van der Waals surface area (Å²) in [4.78, 5) is 7.91. The number of hydrogen-bond acceptors (Lipinski definition) is 2. The topological polar surface area (TPSA) is 16.1 Å². The van der Waals surface area contributed by atoms with Crippen molar-refractivity contribution in [3.05, 3.63) is 77.5 Å². The summed E-state index contributed by atoms with van der Waals surface area (Å²) < 4.78 is 0. The van der Waals surface area contributed by atoms with Gasteiger partial charge in [-0.3, -0.25) is 4.98 Å². The highest BCUT2D eigenvalue weighted by Crippen LogP contribution is 2.48. The summed E-state index contributed by atoms with van der Waals surface area (Å²) in [5.41, 5.74) is 5.77. The van der Waals surface area contributed by atoms with Crippen LogP contribution in [-0.4, -0.2) is 29.5 Å². The number of fused-ring (bicyclic) bond motifs is 3. The van der Waals surface area contributed by atoms with Crippen LogP contribution in [0.5, 0.6) is 0 Å². The molecule has 2 heterocycles. The second-order valence-electron chi connectivity index (χ2n) is 9.34. The standard InChI is InChI=1S/C26H28N2/c1-2-7-22(8-3-1)26-12-13-28(17-19-10-11-19)18-23(26)15-21-14-20-6-4-5-9-24(20)27-25(21)16-26/h1-9,14,19,23H,10-13,15-18H2/t23-,26-/m0/s1. The lowest BCUT2D eigenvalue weighted by molar-refractivity contribution is 0.0778. The van der Waals surface area contributed by atoms with Crippen LogP contribution in [0.3, 0.4) is 0 Å². The van der Waals surface area contributed by atoms with Crippen molar-refractivity contribution >= 4 is 10.9 Å². The van der Waals surface area contributed by atoms with E-state index in [0.717, 1.165) is 17.9 Å². The van der Waals surface area contributed by atoms with Crippen LogP contribution in [0.2, 0.25) is 0 Å². The van der Waals surface area contributed by atoms with E-state index in [9.17, 15) is 0 Å². The second kappa shape index (κ2) is 6.42. The molecule has 2 heteroatoms. The van der Waals surface area contributed by atoms with Gasteiger partial charge in [-0.05, 0) is 67.3 Å². The van der Waals surface area contributed by atoms with Crippen molar-refractivity contribution in [3.8, 4) is 0 Å². The molecule has 0 unspecified atom stereocenters. The van der Waals surface area contributed by atoms with Gasteiger partial charge in [-0.15, -0.1) is 0 Å². The Morgan fingerprint density at radius 1 is 1.00 bits per heavy atom. The van der Waals surface area contributed by atoms with E-state index in [0.29, 0.717) is 5.92 Å². The first-order valence-corrected chi connectivity index (χ1v) is 11.0. The van der Waals surface area contributed by atoms with Crippen molar-refractivity contribution in [2.24, 2.45) is 11.8 Å². The molecular formula is C26H28N2. The maximum Gasteiger partial charge on any atom is 0.0705 e. The Balaban J connectivity index is 1.43. The normalized spacial score (nSPS) is 27.4. The van der Waals surface area contributed by atoms with Gasteiger partial charge in [0, 0.05) is 36.0 Å². The average molecular weight is 369 g/mol. The predicted molar refractivity (Wildman–Crippen MR) is 115 cm³/mol. The molecule has 0 bridgehead atoms. The number of pyridine rings is 1. The van der Waals surface area contributed by atoms with Crippen LogP contribution < -0.4 is 0 Å². The summed E-state index contributed by atoms with van der Waals surface area (Å²) in [5, 5.41) is 1.29. The van der Waals surface area contributed by atoms with Gasteiger partial charge in [-0.2, -0.15) is 0 Å². The lowest BCUT2D eigenvalue weighted by Gasteiger charge is -2.51. The minimum atomic E-state index is 0.254. The third-order valence-electron chi connectivity index (χ3n) is 7.54. The number of benzene rings is 2. The molecule has 1 aliphatic heterocycles. The fourth-order valence-electron chi connectivity index (χ4n) is 5.81. The van der Waals surface area contributed by atoms with Gasteiger partial charge >= 0.3 is 0 Å². The molecule has 0 amide bonds. The van der Waals surface area contributed by atoms with Crippen molar-refractivity contribution in [1.29, 1.82) is 0 Å². The molecule has 0 radical (unpaired) electrons. The molecule has 2 fully saturated rings. The van der Waals surface area contributed by atoms with Gasteiger partial charge in [-0.1, -0.05) is 48.5 Å². The first kappa shape index (κ1) is 16.7. The number of likely N-dealkylation sites (tertiary alicyclic amines) is 1. The van der Waals surface area contributed by atoms with Crippen LogP contribution in [0.25, 0.3) is 10.9 Å². The Bertz CT molecular complexity index is 1010. The van der Waals surface area contributed by atoms with E-state index >= 15 is 0 Å². The number of aromatic nitrogens is 1. The zero-order valence-corrected chi connectivity index (χ0v) is 16.5. The van der Waals surface area contributed by atoms with E-state index in [4.69, 9.17) is 4.98 Å². The lowest BCUT2D eigenvalue weighted by atomic mass is 9.58. The molecule has 0 N–H and O–H groups in total. The van der Waals surface area contributed by atoms with Crippen LogP contribution in [0.4, 0.5) is 0 Å². The molecule has 1 saturated heterocycles. The largest absolute Gasteiger partial charge is 0.303 e. The third-order valence-corrected chi connectivity index (χ3v) is 7.54. The van der Waals surface area contributed by atoms with Crippen LogP contribution in [0.1, 0.15) is 36.1 Å². The maximum atomic E-state index is 5.14. The summed E-state index contributed by atoms with van der Waals surface area (Å²) in [6.07, 6.45) is 6.43. The van der Waals surface area contributed by atoms with Crippen LogP contribution >= 0.6 is 0 Å². The zero-order chi connectivity index (χ0) is 18.6. The third kappa shape index (κ3) is 2.78. The number of para-hydroxylation sites is 1. The zero-order valence-electron chi connectivity index (χ0n) is 16.5. The van der Waals surface area contributed by atoms with E-state index in [-0.39, 0.29) is 5.41 Å². The number of piperidine rings is 1. The Hall–Kier alpha value is -2.19. The molecule has 28 heavy (non-hydrogen) atoms. The molecule has 2 nitrogen and oxygen atoms in total. The number of hydrogen-bond donors (Lipinski definition) is 0. The average Bonchev–Trinajstić information content (AvgIpc) is 3.55. The first-order valence-electron chi connectivity index (χ1n) is 11.0. The Labute approximate surface area is 167 Å². The SMILES string of the molecule is c1ccc([C@@]23CCN(CC4CC4)C[C@@H]2Cc2cc4ccccc4nc2C3)cc1. The van der Waals surface area contributed by atoms with Crippen LogP contribution in [0, 0.1) is 11.8 Å². The smallest absolute Gasteiger partial charge is 0.0705 e. The lowest BCUT2D eigenvalue weighted by Crippen LogP contribution is -2.54. The molecule has 2 aromatic carbocycles. The van der Waals surface area contributed by atoms with Gasteiger partial charge in [0.05, 0.1) is 5.52 Å². The van der Waals surface area contributed by atoms with E-state index in [1.165, 1.54) is 67.5 Å². The molecule has 1 saturated carbocycles. The Morgan fingerprint density at radius 3 is 2.68 bits per heavy atom. The first-order chi connectivity index (χ1) is 13.8. The van der Waals surface area contributed by atoms with E-state index < -0.39 is 0 Å². The summed E-state index contributed by atoms with van der Waals surface area (Å²) >= 11 is 0. The van der Waals surface area contributed by atoms with Crippen LogP contribution in [-0.2, 0) is 18.3 Å². The van der Waals surface area contributed by atoms with Gasteiger partial charge in [0.1, 0.15) is 0 Å². The van der Waals surface area contributed by atoms with Gasteiger partial charge in [0.15, 0.2) is 0 Å². The fourth-order valence-corrected chi connectivity index (χ4v) is 5.81. The minimum Gasteiger partial charge on any atom is -0.303 e. The van der Waals surface area contributed by atoms with Gasteiger partial charge < -0.3 is 4.90 Å². The highest BCUT2D eigenvalue weighted by atomic mass is 15.1. The summed E-state index contributed by atoms with van der Waals surface area (Å²) in [7, 11) is 0. The molecule has 2 aliphatic carbocycles. The Morgan fingerprint density at radius 2 is 1.82 bits per heavy atom. The molecule has 2 atom stereocenters. The molecule has 6 rings (SSSR count). The molecule has 3 aromatic rings. The van der Waals surface area contributed by atoms with Gasteiger partial charge in [0.2, 0.25) is 0 Å².